The molecule has 0 bridgehead atoms. The third-order valence-electron chi connectivity index (χ3n) is 2.40. The Morgan fingerprint density at radius 1 is 1.29 bits per heavy atom. The van der Waals surface area contributed by atoms with Crippen molar-refractivity contribution in [3.8, 4) is 11.5 Å². The van der Waals surface area contributed by atoms with Gasteiger partial charge in [-0.15, -0.1) is 8.78 Å². The molecular weight excluding hydrogens is 294 g/mol. The standard InChI is InChI=1S/C11H10F2N2O6/c12-11(13)20-7-2-1-5(3-8(7)21-11)15-10(19)14-4-6(16)9(17)18/h1-3,6,16H,4H2,(H,17,18)(H2,14,15,19)/t6-/m0/s1. The van der Waals surface area contributed by atoms with Crippen LogP contribution < -0.4 is 20.1 Å². The number of hydrogen-bond acceptors (Lipinski definition) is 5. The molecule has 114 valence electrons. The van der Waals surface area contributed by atoms with Crippen LogP contribution in [0.5, 0.6) is 11.5 Å². The van der Waals surface area contributed by atoms with Gasteiger partial charge < -0.3 is 30.3 Å². The van der Waals surface area contributed by atoms with Crippen LogP contribution in [0.3, 0.4) is 0 Å². The Kier molecular flexibility index (Phi) is 3.80. The molecule has 0 aromatic heterocycles. The largest absolute Gasteiger partial charge is 0.586 e. The number of amides is 2. The molecule has 0 radical (unpaired) electrons. The zero-order valence-corrected chi connectivity index (χ0v) is 10.3. The molecule has 2 amide bonds. The van der Waals surface area contributed by atoms with Crippen molar-refractivity contribution in [3.63, 3.8) is 0 Å². The van der Waals surface area contributed by atoms with Crippen LogP contribution in [0.4, 0.5) is 19.3 Å². The Labute approximate surface area is 116 Å². The smallest absolute Gasteiger partial charge is 0.479 e. The zero-order chi connectivity index (χ0) is 15.6. The fourth-order valence-corrected chi connectivity index (χ4v) is 1.48. The van der Waals surface area contributed by atoms with Gasteiger partial charge in [-0.3, -0.25) is 0 Å². The molecule has 0 aliphatic carbocycles. The fourth-order valence-electron chi connectivity index (χ4n) is 1.48. The van der Waals surface area contributed by atoms with Crippen molar-refractivity contribution in [1.29, 1.82) is 0 Å². The molecule has 1 atom stereocenters. The lowest BCUT2D eigenvalue weighted by Crippen LogP contribution is -2.38. The van der Waals surface area contributed by atoms with Crippen molar-refractivity contribution in [2.75, 3.05) is 11.9 Å². The highest BCUT2D eigenvalue weighted by atomic mass is 19.3. The lowest BCUT2D eigenvalue weighted by molar-refractivity contribution is -0.286. The Balaban J connectivity index is 1.93. The van der Waals surface area contributed by atoms with Gasteiger partial charge in [0.15, 0.2) is 17.6 Å². The molecule has 1 heterocycles. The lowest BCUT2D eigenvalue weighted by Gasteiger charge is -2.09. The Hall–Kier alpha value is -2.62. The Bertz CT molecular complexity index is 580. The summed E-state index contributed by atoms with van der Waals surface area (Å²) >= 11 is 0. The van der Waals surface area contributed by atoms with Gasteiger partial charge in [0.25, 0.3) is 0 Å². The van der Waals surface area contributed by atoms with E-state index in [1.165, 1.54) is 12.1 Å². The number of anilines is 1. The van der Waals surface area contributed by atoms with Gasteiger partial charge in [-0.1, -0.05) is 0 Å². The molecule has 1 aliphatic rings. The van der Waals surface area contributed by atoms with Crippen LogP contribution in [0.15, 0.2) is 18.2 Å². The highest BCUT2D eigenvalue weighted by molar-refractivity contribution is 5.90. The average molecular weight is 304 g/mol. The van der Waals surface area contributed by atoms with E-state index in [-0.39, 0.29) is 17.2 Å². The summed E-state index contributed by atoms with van der Waals surface area (Å²) in [6.07, 6.45) is -5.50. The number of halogens is 2. The van der Waals surface area contributed by atoms with Crippen molar-refractivity contribution >= 4 is 17.7 Å². The summed E-state index contributed by atoms with van der Waals surface area (Å²) in [5.41, 5.74) is 0.123. The minimum absolute atomic E-state index is 0.123. The summed E-state index contributed by atoms with van der Waals surface area (Å²) in [7, 11) is 0. The van der Waals surface area contributed by atoms with Crippen molar-refractivity contribution in [2.24, 2.45) is 0 Å². The molecule has 1 aromatic rings. The molecule has 1 aromatic carbocycles. The van der Waals surface area contributed by atoms with Crippen molar-refractivity contribution < 1.29 is 38.1 Å². The third kappa shape index (κ3) is 3.69. The van der Waals surface area contributed by atoms with Crippen LogP contribution in [0.2, 0.25) is 0 Å². The molecular formula is C11H10F2N2O6. The van der Waals surface area contributed by atoms with Gasteiger partial charge in [-0.2, -0.15) is 0 Å². The van der Waals surface area contributed by atoms with E-state index in [2.05, 4.69) is 20.1 Å². The quantitative estimate of drug-likeness (QED) is 0.646. The van der Waals surface area contributed by atoms with Crippen molar-refractivity contribution in [3.05, 3.63) is 18.2 Å². The number of carboxylic acids is 1. The van der Waals surface area contributed by atoms with Gasteiger partial charge in [-0.25, -0.2) is 9.59 Å². The normalized spacial score (nSPS) is 16.1. The number of aliphatic hydroxyl groups is 1. The van der Waals surface area contributed by atoms with Crippen LogP contribution in [0.25, 0.3) is 0 Å². The van der Waals surface area contributed by atoms with E-state index < -0.39 is 30.9 Å². The number of fused-ring (bicyclic) bond motifs is 1. The van der Waals surface area contributed by atoms with Gasteiger partial charge in [0.1, 0.15) is 0 Å². The van der Waals surface area contributed by atoms with Gasteiger partial charge in [0, 0.05) is 11.8 Å². The van der Waals surface area contributed by atoms with E-state index in [1.54, 1.807) is 0 Å². The first-order chi connectivity index (χ1) is 9.77. The molecule has 21 heavy (non-hydrogen) atoms. The Morgan fingerprint density at radius 2 is 1.95 bits per heavy atom. The number of alkyl halides is 2. The Morgan fingerprint density at radius 3 is 2.62 bits per heavy atom. The van der Waals surface area contributed by atoms with Crippen LogP contribution in [-0.2, 0) is 4.79 Å². The number of nitrogens with one attached hydrogen (secondary N) is 2. The van der Waals surface area contributed by atoms with Crippen molar-refractivity contribution in [1.82, 2.24) is 5.32 Å². The number of hydrogen-bond donors (Lipinski definition) is 4. The number of rotatable bonds is 4. The molecule has 0 saturated heterocycles. The average Bonchev–Trinajstić information content (AvgIpc) is 2.68. The first kappa shape index (κ1) is 14.8. The predicted molar refractivity (Wildman–Crippen MR) is 63.3 cm³/mol. The van der Waals surface area contributed by atoms with Gasteiger partial charge in [0.2, 0.25) is 0 Å². The minimum Gasteiger partial charge on any atom is -0.479 e. The second kappa shape index (κ2) is 5.40. The first-order valence-electron chi connectivity index (χ1n) is 5.62. The zero-order valence-electron chi connectivity index (χ0n) is 10.3. The lowest BCUT2D eigenvalue weighted by atomic mass is 10.3. The van der Waals surface area contributed by atoms with Crippen LogP contribution in [0, 0.1) is 0 Å². The number of aliphatic carboxylic acids is 1. The third-order valence-corrected chi connectivity index (χ3v) is 2.40. The molecule has 4 N–H and O–H groups in total. The summed E-state index contributed by atoms with van der Waals surface area (Å²) in [5, 5.41) is 21.7. The topological polar surface area (TPSA) is 117 Å². The second-order valence-corrected chi connectivity index (χ2v) is 4.02. The van der Waals surface area contributed by atoms with Gasteiger partial charge in [0.05, 0.1) is 6.54 Å². The van der Waals surface area contributed by atoms with Crippen LogP contribution in [0.1, 0.15) is 0 Å². The minimum atomic E-state index is -3.76. The highest BCUT2D eigenvalue weighted by Crippen LogP contribution is 2.42. The molecule has 0 fully saturated rings. The number of urea groups is 1. The van der Waals surface area contributed by atoms with Gasteiger partial charge >= 0.3 is 18.3 Å². The number of benzene rings is 1. The number of ether oxygens (including phenoxy) is 2. The molecule has 2 rings (SSSR count). The van der Waals surface area contributed by atoms with Gasteiger partial charge in [-0.05, 0) is 12.1 Å². The summed E-state index contributed by atoms with van der Waals surface area (Å²) in [6, 6.07) is 2.76. The SMILES string of the molecule is O=C(NC[C@H](O)C(=O)O)Nc1ccc2c(c1)OC(F)(F)O2. The number of carbonyl (C=O) groups is 2. The summed E-state index contributed by atoms with van der Waals surface area (Å²) in [4.78, 5) is 21.8. The fraction of sp³-hybridized carbons (Fsp3) is 0.273. The summed E-state index contributed by atoms with van der Waals surface area (Å²) in [6.45, 7) is -0.510. The summed E-state index contributed by atoms with van der Waals surface area (Å²) < 4.78 is 34.0. The molecule has 0 unspecified atom stereocenters. The molecule has 0 saturated carbocycles. The molecule has 1 aliphatic heterocycles. The first-order valence-corrected chi connectivity index (χ1v) is 5.62. The van der Waals surface area contributed by atoms with Crippen LogP contribution >= 0.6 is 0 Å². The van der Waals surface area contributed by atoms with E-state index in [9.17, 15) is 18.4 Å². The van der Waals surface area contributed by atoms with Crippen LogP contribution in [-0.4, -0.2) is 41.2 Å². The van der Waals surface area contributed by atoms with E-state index in [0.29, 0.717) is 0 Å². The molecule has 8 nitrogen and oxygen atoms in total. The predicted octanol–water partition coefficient (Wildman–Crippen LogP) is 0.575. The number of carboxylic acid groups (broad SMARTS) is 1. The number of carbonyl (C=O) groups excluding carboxylic acids is 1. The molecule has 0 spiro atoms. The maximum atomic E-state index is 12.8. The van der Waals surface area contributed by atoms with E-state index in [0.717, 1.165) is 6.07 Å². The van der Waals surface area contributed by atoms with E-state index >= 15 is 0 Å². The maximum absolute atomic E-state index is 12.8. The van der Waals surface area contributed by atoms with E-state index in [1.807, 2.05) is 0 Å². The van der Waals surface area contributed by atoms with E-state index in [4.69, 9.17) is 10.2 Å². The van der Waals surface area contributed by atoms with Crippen molar-refractivity contribution in [2.45, 2.75) is 12.4 Å². The monoisotopic (exact) mass is 304 g/mol. The highest BCUT2D eigenvalue weighted by Gasteiger charge is 2.43. The summed E-state index contributed by atoms with van der Waals surface area (Å²) in [5.74, 6) is -1.91. The molecule has 10 heteroatoms. The second-order valence-electron chi connectivity index (χ2n) is 4.02. The number of aliphatic hydroxyl groups excluding tert-OH is 1. The maximum Gasteiger partial charge on any atom is 0.586 e.